The summed E-state index contributed by atoms with van der Waals surface area (Å²) in [7, 11) is 0. The molecule has 1 fully saturated rings. The number of hydrogen-bond donors (Lipinski definition) is 2. The van der Waals surface area contributed by atoms with Gasteiger partial charge in [-0.25, -0.2) is 4.79 Å². The van der Waals surface area contributed by atoms with Gasteiger partial charge in [0.05, 0.1) is 21.7 Å². The quantitative estimate of drug-likeness (QED) is 0.869. The van der Waals surface area contributed by atoms with Gasteiger partial charge in [0.25, 0.3) is 0 Å². The van der Waals surface area contributed by atoms with Gasteiger partial charge in [-0.3, -0.25) is 4.79 Å². The second kappa shape index (κ2) is 6.12. The standard InChI is InChI=1S/C14H16Cl2N2O3/c1-7-3-4-10(15)12(11(7)16)17-14(21)18-6-5-9(8(18)2)13(19)20/h3-4,8-9H,5-6H2,1-2H3,(H,17,21)(H,19,20). The molecule has 2 atom stereocenters. The second-order valence-corrected chi connectivity index (χ2v) is 5.94. The number of carboxylic acids is 1. The molecule has 0 spiro atoms. The van der Waals surface area contributed by atoms with Crippen LogP contribution in [0.4, 0.5) is 10.5 Å². The Hall–Kier alpha value is -1.46. The molecule has 0 radical (unpaired) electrons. The molecule has 1 aromatic carbocycles. The molecule has 2 unspecified atom stereocenters. The number of carbonyl (C=O) groups excluding carboxylic acids is 1. The smallest absolute Gasteiger partial charge is 0.322 e. The van der Waals surface area contributed by atoms with E-state index in [1.165, 1.54) is 4.90 Å². The lowest BCUT2D eigenvalue weighted by atomic mass is 10.0. The topological polar surface area (TPSA) is 69.6 Å². The van der Waals surface area contributed by atoms with Gasteiger partial charge >= 0.3 is 12.0 Å². The molecule has 21 heavy (non-hydrogen) atoms. The minimum absolute atomic E-state index is 0.348. The first-order valence-electron chi connectivity index (χ1n) is 6.58. The zero-order valence-electron chi connectivity index (χ0n) is 11.7. The molecule has 1 aliphatic heterocycles. The molecule has 2 N–H and O–H groups in total. The van der Waals surface area contributed by atoms with E-state index in [9.17, 15) is 9.59 Å². The van der Waals surface area contributed by atoms with Crippen LogP contribution in [0.5, 0.6) is 0 Å². The zero-order valence-corrected chi connectivity index (χ0v) is 13.2. The van der Waals surface area contributed by atoms with E-state index in [2.05, 4.69) is 5.32 Å². The minimum atomic E-state index is -0.885. The highest BCUT2D eigenvalue weighted by molar-refractivity contribution is 6.40. The number of urea groups is 1. The number of amides is 2. The maximum absolute atomic E-state index is 12.3. The molecule has 7 heteroatoms. The van der Waals surface area contributed by atoms with Gasteiger partial charge in [-0.2, -0.15) is 0 Å². The van der Waals surface area contributed by atoms with Gasteiger partial charge in [0, 0.05) is 12.6 Å². The number of likely N-dealkylation sites (tertiary alicyclic amines) is 1. The van der Waals surface area contributed by atoms with E-state index in [0.29, 0.717) is 28.7 Å². The summed E-state index contributed by atoms with van der Waals surface area (Å²) in [5.74, 6) is -1.43. The maximum atomic E-state index is 12.3. The number of nitrogens with zero attached hydrogens (tertiary/aromatic N) is 1. The van der Waals surface area contributed by atoms with Crippen LogP contribution >= 0.6 is 23.2 Å². The van der Waals surface area contributed by atoms with E-state index in [-0.39, 0.29) is 12.1 Å². The third-order valence-electron chi connectivity index (χ3n) is 3.85. The summed E-state index contributed by atoms with van der Waals surface area (Å²) in [4.78, 5) is 24.9. The summed E-state index contributed by atoms with van der Waals surface area (Å²) < 4.78 is 0. The molecule has 0 saturated carbocycles. The van der Waals surface area contributed by atoms with Gasteiger partial charge in [-0.1, -0.05) is 29.3 Å². The Labute approximate surface area is 132 Å². The largest absolute Gasteiger partial charge is 0.481 e. The lowest BCUT2D eigenvalue weighted by Crippen LogP contribution is -2.40. The van der Waals surface area contributed by atoms with Gasteiger partial charge in [0.15, 0.2) is 0 Å². The van der Waals surface area contributed by atoms with Crippen molar-refractivity contribution >= 4 is 40.9 Å². The van der Waals surface area contributed by atoms with Crippen molar-refractivity contribution in [1.29, 1.82) is 0 Å². The van der Waals surface area contributed by atoms with E-state index < -0.39 is 11.9 Å². The predicted octanol–water partition coefficient (Wildman–Crippen LogP) is 3.63. The Morgan fingerprint density at radius 2 is 2.05 bits per heavy atom. The zero-order chi connectivity index (χ0) is 15.7. The van der Waals surface area contributed by atoms with E-state index >= 15 is 0 Å². The predicted molar refractivity (Wildman–Crippen MR) is 82.1 cm³/mol. The Morgan fingerprint density at radius 1 is 1.38 bits per heavy atom. The molecule has 1 heterocycles. The fourth-order valence-electron chi connectivity index (χ4n) is 2.51. The summed E-state index contributed by atoms with van der Waals surface area (Å²) in [6.07, 6.45) is 0.444. The lowest BCUT2D eigenvalue weighted by molar-refractivity contribution is -0.142. The van der Waals surface area contributed by atoms with Gasteiger partial charge < -0.3 is 15.3 Å². The van der Waals surface area contributed by atoms with E-state index in [4.69, 9.17) is 28.3 Å². The number of carboxylic acid groups (broad SMARTS) is 1. The number of rotatable bonds is 2. The van der Waals surface area contributed by atoms with Crippen LogP contribution < -0.4 is 5.32 Å². The number of aryl methyl sites for hydroxylation is 1. The van der Waals surface area contributed by atoms with E-state index in [1.54, 1.807) is 19.1 Å². The highest BCUT2D eigenvalue weighted by Crippen LogP contribution is 2.34. The third kappa shape index (κ3) is 3.09. The van der Waals surface area contributed by atoms with Crippen molar-refractivity contribution in [2.24, 2.45) is 5.92 Å². The van der Waals surface area contributed by atoms with Crippen LogP contribution in [0, 0.1) is 12.8 Å². The van der Waals surface area contributed by atoms with Crippen LogP contribution in [-0.4, -0.2) is 34.6 Å². The number of carbonyl (C=O) groups is 2. The minimum Gasteiger partial charge on any atom is -0.481 e. The van der Waals surface area contributed by atoms with Gasteiger partial charge in [0.2, 0.25) is 0 Å². The van der Waals surface area contributed by atoms with Gasteiger partial charge in [-0.15, -0.1) is 0 Å². The fourth-order valence-corrected chi connectivity index (χ4v) is 2.97. The van der Waals surface area contributed by atoms with Crippen LogP contribution in [0.3, 0.4) is 0 Å². The van der Waals surface area contributed by atoms with Crippen molar-refractivity contribution < 1.29 is 14.7 Å². The fraction of sp³-hybridized carbons (Fsp3) is 0.429. The molecule has 0 bridgehead atoms. The van der Waals surface area contributed by atoms with Crippen LogP contribution in [0.1, 0.15) is 18.9 Å². The lowest BCUT2D eigenvalue weighted by Gasteiger charge is -2.24. The average molecular weight is 331 g/mol. The highest BCUT2D eigenvalue weighted by Gasteiger charge is 2.38. The first-order chi connectivity index (χ1) is 9.82. The maximum Gasteiger partial charge on any atom is 0.322 e. The summed E-state index contributed by atoms with van der Waals surface area (Å²) in [6, 6.07) is 2.66. The number of hydrogen-bond acceptors (Lipinski definition) is 2. The average Bonchev–Trinajstić information content (AvgIpc) is 2.81. The number of nitrogens with one attached hydrogen (secondary N) is 1. The number of aliphatic carboxylic acids is 1. The second-order valence-electron chi connectivity index (χ2n) is 5.15. The first-order valence-corrected chi connectivity index (χ1v) is 7.33. The third-order valence-corrected chi connectivity index (χ3v) is 4.65. The monoisotopic (exact) mass is 330 g/mol. The SMILES string of the molecule is Cc1ccc(Cl)c(NC(=O)N2CCC(C(=O)O)C2C)c1Cl. The molecule has 0 aliphatic carbocycles. The number of anilines is 1. The molecule has 1 saturated heterocycles. The van der Waals surface area contributed by atoms with Crippen LogP contribution in [0.25, 0.3) is 0 Å². The molecule has 114 valence electrons. The van der Waals surface area contributed by atoms with Crippen molar-refractivity contribution in [3.8, 4) is 0 Å². The molecule has 2 rings (SSSR count). The summed E-state index contributed by atoms with van der Waals surface area (Å²) in [5, 5.41) is 12.5. The number of halogens is 2. The summed E-state index contributed by atoms with van der Waals surface area (Å²) in [5.41, 5.74) is 1.16. The molecule has 1 aliphatic rings. The van der Waals surface area contributed by atoms with Crippen molar-refractivity contribution in [2.75, 3.05) is 11.9 Å². The number of benzene rings is 1. The Bertz CT molecular complexity index is 592. The van der Waals surface area contributed by atoms with Crippen LogP contribution in [0.2, 0.25) is 10.0 Å². The van der Waals surface area contributed by atoms with E-state index in [0.717, 1.165) is 5.56 Å². The van der Waals surface area contributed by atoms with Crippen molar-refractivity contribution in [3.63, 3.8) is 0 Å². The Morgan fingerprint density at radius 3 is 2.62 bits per heavy atom. The highest BCUT2D eigenvalue weighted by atomic mass is 35.5. The van der Waals surface area contributed by atoms with Gasteiger partial charge in [-0.05, 0) is 31.9 Å². The van der Waals surface area contributed by atoms with E-state index in [1.807, 2.05) is 6.92 Å². The normalized spacial score (nSPS) is 21.4. The Balaban J connectivity index is 2.17. The summed E-state index contributed by atoms with van der Waals surface area (Å²) >= 11 is 12.2. The first kappa shape index (κ1) is 15.9. The molecule has 0 aromatic heterocycles. The Kier molecular flexibility index (Phi) is 4.64. The summed E-state index contributed by atoms with van der Waals surface area (Å²) in [6.45, 7) is 3.93. The molecular formula is C14H16Cl2N2O3. The molecular weight excluding hydrogens is 315 g/mol. The van der Waals surface area contributed by atoms with Crippen molar-refractivity contribution in [1.82, 2.24) is 4.90 Å². The van der Waals surface area contributed by atoms with Crippen molar-refractivity contribution in [2.45, 2.75) is 26.3 Å². The molecule has 2 amide bonds. The molecule has 1 aromatic rings. The molecule has 5 nitrogen and oxygen atoms in total. The van der Waals surface area contributed by atoms with Crippen LogP contribution in [0.15, 0.2) is 12.1 Å². The van der Waals surface area contributed by atoms with Crippen LogP contribution in [-0.2, 0) is 4.79 Å². The van der Waals surface area contributed by atoms with Crippen molar-refractivity contribution in [3.05, 3.63) is 27.7 Å². The van der Waals surface area contributed by atoms with Gasteiger partial charge in [0.1, 0.15) is 0 Å².